The highest BCUT2D eigenvalue weighted by molar-refractivity contribution is 7.47. The summed E-state index contributed by atoms with van der Waals surface area (Å²) in [5.74, 6) is -0.422. The lowest BCUT2D eigenvalue weighted by Crippen LogP contribution is -2.64. The van der Waals surface area contributed by atoms with Gasteiger partial charge in [0.2, 0.25) is 5.91 Å². The van der Waals surface area contributed by atoms with Gasteiger partial charge in [-0.1, -0.05) is 168 Å². The Bertz CT molecular complexity index is 948. The van der Waals surface area contributed by atoms with Gasteiger partial charge in [-0.3, -0.25) is 13.8 Å². The Morgan fingerprint density at radius 1 is 0.574 bits per heavy atom. The summed E-state index contributed by atoms with van der Waals surface area (Å²) in [7, 11) is -5.14. The molecule has 14 heteroatoms. The molecule has 322 valence electrons. The van der Waals surface area contributed by atoms with Crippen LogP contribution in [-0.2, 0) is 18.4 Å². The summed E-state index contributed by atoms with van der Waals surface area (Å²) in [6, 6.07) is -1.30. The van der Waals surface area contributed by atoms with Crippen molar-refractivity contribution in [3.63, 3.8) is 0 Å². The van der Waals surface area contributed by atoms with Gasteiger partial charge in [0.15, 0.2) is 0 Å². The normalized spacial score (nSPS) is 24.6. The first-order valence-electron chi connectivity index (χ1n) is 21.6. The highest BCUT2D eigenvalue weighted by Gasteiger charge is 2.51. The molecule has 0 radical (unpaired) electrons. The van der Waals surface area contributed by atoms with Gasteiger partial charge in [0.05, 0.1) is 18.8 Å². The second kappa shape index (κ2) is 31.3. The molecule has 0 aliphatic heterocycles. The number of amides is 1. The number of phosphoric acid groups is 1. The number of carbonyl (C=O) groups is 1. The largest absolute Gasteiger partial charge is 0.472 e. The SMILES string of the molecule is CCCCCCCCCCCCCCCC[C@@H](O)[C@@H](O)[C@H](COP(=O)(O)OC1C(O)C(O)C(O)[C@@H](O)C1O)NC(=O)CCCCCCCCCCCCC. The summed E-state index contributed by atoms with van der Waals surface area (Å²) >= 11 is 0. The Labute approximate surface area is 326 Å². The monoisotopic (exact) mass is 798 g/mol. The Balaban J connectivity index is 2.58. The average Bonchev–Trinajstić information content (AvgIpc) is 3.15. The molecule has 0 aromatic heterocycles. The van der Waals surface area contributed by atoms with Gasteiger partial charge in [-0.25, -0.2) is 4.57 Å². The highest BCUT2D eigenvalue weighted by atomic mass is 31.2. The van der Waals surface area contributed by atoms with Gasteiger partial charge < -0.3 is 46.0 Å². The molecule has 1 fully saturated rings. The molecule has 9 N–H and O–H groups in total. The smallest absolute Gasteiger partial charge is 0.390 e. The molecule has 13 nitrogen and oxygen atoms in total. The highest BCUT2D eigenvalue weighted by Crippen LogP contribution is 2.47. The summed E-state index contributed by atoms with van der Waals surface area (Å²) in [6.45, 7) is 3.67. The predicted octanol–water partition coefficient (Wildman–Crippen LogP) is 6.09. The summed E-state index contributed by atoms with van der Waals surface area (Å²) < 4.78 is 22.8. The van der Waals surface area contributed by atoms with E-state index in [1.54, 1.807) is 0 Å². The van der Waals surface area contributed by atoms with Crippen LogP contribution in [0.15, 0.2) is 0 Å². The van der Waals surface area contributed by atoms with E-state index >= 15 is 0 Å². The predicted molar refractivity (Wildman–Crippen MR) is 211 cm³/mol. The third-order valence-corrected chi connectivity index (χ3v) is 11.7. The number of hydrogen-bond acceptors (Lipinski definition) is 11. The zero-order valence-corrected chi connectivity index (χ0v) is 34.5. The molecular weight excluding hydrogens is 717 g/mol. The minimum absolute atomic E-state index is 0.154. The topological polar surface area (TPSA) is 226 Å². The number of unbranched alkanes of at least 4 members (excludes halogenated alkanes) is 23. The first-order valence-corrected chi connectivity index (χ1v) is 23.1. The minimum atomic E-state index is -5.14. The van der Waals surface area contributed by atoms with Gasteiger partial charge in [-0.15, -0.1) is 0 Å². The van der Waals surface area contributed by atoms with Crippen LogP contribution in [-0.4, -0.2) is 108 Å². The first kappa shape index (κ1) is 51.3. The van der Waals surface area contributed by atoms with Crippen molar-refractivity contribution in [2.75, 3.05) is 6.61 Å². The van der Waals surface area contributed by atoms with Crippen molar-refractivity contribution in [1.29, 1.82) is 0 Å². The quantitative estimate of drug-likeness (QED) is 0.0263. The van der Waals surface area contributed by atoms with Crippen LogP contribution in [0.3, 0.4) is 0 Å². The van der Waals surface area contributed by atoms with Crippen molar-refractivity contribution in [2.45, 2.75) is 242 Å². The second-order valence-electron chi connectivity index (χ2n) is 15.7. The molecular formula is C40H80NO12P. The number of phosphoric ester groups is 1. The molecule has 0 aromatic carbocycles. The molecule has 1 aliphatic carbocycles. The Hall–Kier alpha value is -0.700. The molecule has 0 bridgehead atoms. The lowest BCUT2D eigenvalue weighted by atomic mass is 9.85. The molecule has 1 saturated carbocycles. The zero-order chi connectivity index (χ0) is 40.2. The fourth-order valence-corrected chi connectivity index (χ4v) is 8.09. The maximum atomic E-state index is 12.9. The summed E-state index contributed by atoms with van der Waals surface area (Å²) in [6.07, 6.45) is 14.4. The lowest BCUT2D eigenvalue weighted by Gasteiger charge is -2.41. The second-order valence-corrected chi connectivity index (χ2v) is 17.1. The summed E-state index contributed by atoms with van der Waals surface area (Å²) in [4.78, 5) is 23.3. The third-order valence-electron chi connectivity index (χ3n) is 10.8. The molecule has 1 amide bonds. The minimum Gasteiger partial charge on any atom is -0.390 e. The van der Waals surface area contributed by atoms with Gasteiger partial charge in [-0.05, 0) is 12.8 Å². The van der Waals surface area contributed by atoms with E-state index < -0.39 is 75.2 Å². The number of carbonyl (C=O) groups excluding carboxylic acids is 1. The van der Waals surface area contributed by atoms with E-state index in [9.17, 15) is 50.0 Å². The lowest BCUT2D eigenvalue weighted by molar-refractivity contribution is -0.220. The molecule has 54 heavy (non-hydrogen) atoms. The summed E-state index contributed by atoms with van der Waals surface area (Å²) in [5, 5.41) is 74.7. The van der Waals surface area contributed by atoms with Gasteiger partial charge in [0.25, 0.3) is 0 Å². The average molecular weight is 798 g/mol. The first-order chi connectivity index (χ1) is 25.9. The zero-order valence-electron chi connectivity index (χ0n) is 33.7. The number of aliphatic hydroxyl groups excluding tert-OH is 7. The van der Waals surface area contributed by atoms with E-state index in [4.69, 9.17) is 9.05 Å². The number of aliphatic hydroxyl groups is 7. The van der Waals surface area contributed by atoms with Crippen LogP contribution in [0.5, 0.6) is 0 Å². The van der Waals surface area contributed by atoms with Gasteiger partial charge in [0.1, 0.15) is 42.7 Å². The van der Waals surface area contributed by atoms with Crippen LogP contribution >= 0.6 is 7.82 Å². The maximum Gasteiger partial charge on any atom is 0.472 e. The Morgan fingerprint density at radius 3 is 1.33 bits per heavy atom. The molecule has 10 atom stereocenters. The Kier molecular flexibility index (Phi) is 29.8. The van der Waals surface area contributed by atoms with Crippen molar-refractivity contribution < 1.29 is 59.0 Å². The molecule has 0 spiro atoms. The Morgan fingerprint density at radius 2 is 0.926 bits per heavy atom. The third kappa shape index (κ3) is 22.9. The fourth-order valence-electron chi connectivity index (χ4n) is 7.12. The molecule has 6 unspecified atom stereocenters. The van der Waals surface area contributed by atoms with E-state index in [0.717, 1.165) is 44.9 Å². The van der Waals surface area contributed by atoms with E-state index in [1.165, 1.54) is 103 Å². The van der Waals surface area contributed by atoms with E-state index in [-0.39, 0.29) is 12.8 Å². The summed E-state index contributed by atoms with van der Waals surface area (Å²) in [5.41, 5.74) is 0. The van der Waals surface area contributed by atoms with Gasteiger partial charge >= 0.3 is 7.82 Å². The standard InChI is InChI=1S/C40H80NO12P/c1-3-5-7-9-11-13-15-16-17-19-20-22-24-26-28-32(42)34(44)31(41-33(43)29-27-25-23-21-18-14-12-10-8-6-4-2)30-52-54(50,51)53-40-38(48)36(46)35(45)37(47)39(40)49/h31-32,34-40,42,44-49H,3-30H2,1-2H3,(H,41,43)(H,50,51)/t31-,32+,34-,35?,36+,37?,38?,39?,40?/m0/s1. The van der Waals surface area contributed by atoms with Crippen molar-refractivity contribution in [3.8, 4) is 0 Å². The van der Waals surface area contributed by atoms with Crippen molar-refractivity contribution in [3.05, 3.63) is 0 Å². The number of hydrogen-bond donors (Lipinski definition) is 9. The van der Waals surface area contributed by atoms with Crippen molar-refractivity contribution >= 4 is 13.7 Å². The fraction of sp³-hybridized carbons (Fsp3) is 0.975. The van der Waals surface area contributed by atoms with Crippen LogP contribution in [0.2, 0.25) is 0 Å². The van der Waals surface area contributed by atoms with Crippen molar-refractivity contribution in [2.24, 2.45) is 0 Å². The van der Waals surface area contributed by atoms with Crippen LogP contribution in [0.4, 0.5) is 0 Å². The molecule has 0 aromatic rings. The van der Waals surface area contributed by atoms with Crippen LogP contribution < -0.4 is 5.32 Å². The van der Waals surface area contributed by atoms with Crippen LogP contribution in [0.25, 0.3) is 0 Å². The van der Waals surface area contributed by atoms with E-state index in [0.29, 0.717) is 12.8 Å². The maximum absolute atomic E-state index is 12.9. The van der Waals surface area contributed by atoms with Gasteiger partial charge in [0, 0.05) is 6.42 Å². The number of nitrogens with one attached hydrogen (secondary N) is 1. The van der Waals surface area contributed by atoms with Crippen LogP contribution in [0, 0.1) is 0 Å². The number of rotatable bonds is 35. The van der Waals surface area contributed by atoms with Crippen LogP contribution in [0.1, 0.15) is 187 Å². The molecule has 0 heterocycles. The van der Waals surface area contributed by atoms with E-state index in [2.05, 4.69) is 19.2 Å². The molecule has 1 rings (SSSR count). The molecule has 1 aliphatic rings. The van der Waals surface area contributed by atoms with E-state index in [1.807, 2.05) is 0 Å². The van der Waals surface area contributed by atoms with Crippen molar-refractivity contribution in [1.82, 2.24) is 5.32 Å². The van der Waals surface area contributed by atoms with Gasteiger partial charge in [-0.2, -0.15) is 0 Å². The molecule has 0 saturated heterocycles.